The summed E-state index contributed by atoms with van der Waals surface area (Å²) < 4.78 is 0. The molecule has 0 radical (unpaired) electrons. The van der Waals surface area contributed by atoms with Gasteiger partial charge in [0.1, 0.15) is 0 Å². The van der Waals surface area contributed by atoms with Crippen molar-refractivity contribution in [2.75, 3.05) is 11.5 Å². The second-order valence-corrected chi connectivity index (χ2v) is 6.39. The maximum absolute atomic E-state index is 6.07. The van der Waals surface area contributed by atoms with E-state index in [4.69, 9.17) is 17.3 Å². The van der Waals surface area contributed by atoms with Crippen molar-refractivity contribution in [3.05, 3.63) is 23.2 Å². The minimum atomic E-state index is 0.375. The molecular formula is C12H18ClNS. The largest absolute Gasteiger partial charge is 0.399 e. The topological polar surface area (TPSA) is 26.0 Å². The lowest BCUT2D eigenvalue weighted by Gasteiger charge is -2.17. The van der Waals surface area contributed by atoms with Crippen molar-refractivity contribution in [2.45, 2.75) is 32.1 Å². The second-order valence-electron chi connectivity index (χ2n) is 4.85. The zero-order valence-corrected chi connectivity index (χ0v) is 11.1. The Labute approximate surface area is 101 Å². The van der Waals surface area contributed by atoms with Crippen LogP contribution in [-0.2, 0) is 0 Å². The van der Waals surface area contributed by atoms with E-state index in [1.165, 1.54) is 6.42 Å². The molecule has 0 bridgehead atoms. The van der Waals surface area contributed by atoms with Crippen LogP contribution >= 0.6 is 23.4 Å². The third kappa shape index (κ3) is 4.80. The summed E-state index contributed by atoms with van der Waals surface area (Å²) in [7, 11) is 0. The molecule has 1 aromatic rings. The zero-order chi connectivity index (χ0) is 11.5. The molecule has 0 unspecified atom stereocenters. The van der Waals surface area contributed by atoms with Crippen molar-refractivity contribution in [1.29, 1.82) is 0 Å². The fourth-order valence-corrected chi connectivity index (χ4v) is 2.74. The van der Waals surface area contributed by atoms with Gasteiger partial charge in [0.2, 0.25) is 0 Å². The average Bonchev–Trinajstić information content (AvgIpc) is 2.09. The number of halogens is 1. The molecule has 0 aromatic heterocycles. The summed E-state index contributed by atoms with van der Waals surface area (Å²) in [5, 5.41) is 0.795. The Hall–Kier alpha value is -0.340. The maximum Gasteiger partial charge on any atom is 0.0543 e. The summed E-state index contributed by atoms with van der Waals surface area (Å²) >= 11 is 7.85. The van der Waals surface area contributed by atoms with E-state index in [0.29, 0.717) is 5.41 Å². The molecule has 0 amide bonds. The molecule has 0 saturated heterocycles. The molecule has 1 aromatic carbocycles. The van der Waals surface area contributed by atoms with Crippen LogP contribution in [0, 0.1) is 5.41 Å². The predicted molar refractivity (Wildman–Crippen MR) is 70.7 cm³/mol. The van der Waals surface area contributed by atoms with Crippen molar-refractivity contribution in [1.82, 2.24) is 0 Å². The summed E-state index contributed by atoms with van der Waals surface area (Å²) in [5.74, 6) is 1.08. The van der Waals surface area contributed by atoms with Crippen molar-refractivity contribution in [3.63, 3.8) is 0 Å². The average molecular weight is 244 g/mol. The highest BCUT2D eigenvalue weighted by Gasteiger charge is 2.10. The fraction of sp³-hybridized carbons (Fsp3) is 0.500. The van der Waals surface area contributed by atoms with Gasteiger partial charge in [-0.1, -0.05) is 32.4 Å². The van der Waals surface area contributed by atoms with E-state index in [-0.39, 0.29) is 0 Å². The summed E-state index contributed by atoms with van der Waals surface area (Å²) in [6.07, 6.45) is 1.17. The van der Waals surface area contributed by atoms with Crippen LogP contribution in [0.3, 0.4) is 0 Å². The molecule has 1 rings (SSSR count). The molecule has 15 heavy (non-hydrogen) atoms. The Morgan fingerprint density at radius 1 is 1.33 bits per heavy atom. The predicted octanol–water partition coefficient (Wildman–Crippen LogP) is 4.45. The first kappa shape index (κ1) is 12.7. The van der Waals surface area contributed by atoms with Crippen molar-refractivity contribution in [2.24, 2.45) is 5.41 Å². The lowest BCUT2D eigenvalue weighted by molar-refractivity contribution is 0.401. The maximum atomic E-state index is 6.07. The molecular weight excluding hydrogens is 226 g/mol. The molecule has 84 valence electrons. The van der Waals surface area contributed by atoms with Gasteiger partial charge in [0, 0.05) is 10.6 Å². The van der Waals surface area contributed by atoms with Crippen LogP contribution < -0.4 is 5.73 Å². The minimum Gasteiger partial charge on any atom is -0.399 e. The van der Waals surface area contributed by atoms with Crippen LogP contribution in [0.4, 0.5) is 5.69 Å². The number of hydrogen-bond donors (Lipinski definition) is 1. The van der Waals surface area contributed by atoms with E-state index in [1.807, 2.05) is 18.2 Å². The molecule has 3 heteroatoms. The first-order valence-electron chi connectivity index (χ1n) is 5.06. The van der Waals surface area contributed by atoms with Crippen LogP contribution in [0.1, 0.15) is 27.2 Å². The van der Waals surface area contributed by atoms with E-state index in [9.17, 15) is 0 Å². The summed E-state index contributed by atoms with van der Waals surface area (Å²) in [5.41, 5.74) is 6.86. The lowest BCUT2D eigenvalue weighted by atomic mass is 9.94. The zero-order valence-electron chi connectivity index (χ0n) is 9.51. The molecule has 0 aliphatic rings. The Morgan fingerprint density at radius 3 is 2.60 bits per heavy atom. The Balaban J connectivity index is 2.54. The summed E-state index contributed by atoms with van der Waals surface area (Å²) in [6.45, 7) is 6.73. The molecule has 0 fully saturated rings. The number of hydrogen-bond acceptors (Lipinski definition) is 2. The Morgan fingerprint density at radius 2 is 2.00 bits per heavy atom. The van der Waals surface area contributed by atoms with Gasteiger partial charge in [-0.15, -0.1) is 11.8 Å². The second kappa shape index (κ2) is 5.13. The van der Waals surface area contributed by atoms with Gasteiger partial charge in [-0.3, -0.25) is 0 Å². The number of benzene rings is 1. The first-order valence-corrected chi connectivity index (χ1v) is 6.43. The van der Waals surface area contributed by atoms with Gasteiger partial charge in [-0.2, -0.15) is 0 Å². The van der Waals surface area contributed by atoms with Crippen LogP contribution in [0.15, 0.2) is 23.1 Å². The van der Waals surface area contributed by atoms with E-state index < -0.39 is 0 Å². The fourth-order valence-electron chi connectivity index (χ4n) is 1.10. The molecule has 0 aliphatic carbocycles. The Bertz CT molecular complexity index is 331. The molecule has 0 saturated carbocycles. The molecule has 0 atom stereocenters. The third-order valence-corrected chi connectivity index (χ3v) is 3.56. The van der Waals surface area contributed by atoms with E-state index in [1.54, 1.807) is 11.8 Å². The van der Waals surface area contributed by atoms with Crippen LogP contribution in [0.2, 0.25) is 5.02 Å². The van der Waals surface area contributed by atoms with Gasteiger partial charge in [-0.25, -0.2) is 0 Å². The van der Waals surface area contributed by atoms with Gasteiger partial charge in [0.15, 0.2) is 0 Å². The standard InChI is InChI=1S/C12H18ClNS/c1-12(2,3)6-7-15-11-8-9(14)4-5-10(11)13/h4-5,8H,6-7,14H2,1-3H3. The number of rotatable bonds is 3. The SMILES string of the molecule is CC(C)(C)CCSc1cc(N)ccc1Cl. The Kier molecular flexibility index (Phi) is 4.35. The third-order valence-electron chi connectivity index (χ3n) is 2.06. The van der Waals surface area contributed by atoms with Gasteiger partial charge in [0.25, 0.3) is 0 Å². The molecule has 0 aliphatic heterocycles. The quantitative estimate of drug-likeness (QED) is 0.627. The molecule has 0 spiro atoms. The summed E-state index contributed by atoms with van der Waals surface area (Å²) in [6, 6.07) is 5.63. The van der Waals surface area contributed by atoms with Crippen molar-refractivity contribution >= 4 is 29.1 Å². The number of thioether (sulfide) groups is 1. The van der Waals surface area contributed by atoms with Crippen LogP contribution in [-0.4, -0.2) is 5.75 Å². The number of anilines is 1. The van der Waals surface area contributed by atoms with Gasteiger partial charge in [0.05, 0.1) is 5.02 Å². The van der Waals surface area contributed by atoms with Crippen LogP contribution in [0.25, 0.3) is 0 Å². The minimum absolute atomic E-state index is 0.375. The highest BCUT2D eigenvalue weighted by atomic mass is 35.5. The van der Waals surface area contributed by atoms with E-state index in [2.05, 4.69) is 20.8 Å². The highest BCUT2D eigenvalue weighted by Crippen LogP contribution is 2.31. The van der Waals surface area contributed by atoms with Gasteiger partial charge < -0.3 is 5.73 Å². The van der Waals surface area contributed by atoms with E-state index >= 15 is 0 Å². The molecule has 2 N–H and O–H groups in total. The van der Waals surface area contributed by atoms with E-state index in [0.717, 1.165) is 21.4 Å². The van der Waals surface area contributed by atoms with Gasteiger partial charge in [-0.05, 0) is 35.8 Å². The monoisotopic (exact) mass is 243 g/mol. The first-order chi connectivity index (χ1) is 6.88. The van der Waals surface area contributed by atoms with Crippen molar-refractivity contribution in [3.8, 4) is 0 Å². The number of nitrogen functional groups attached to an aromatic ring is 1. The summed E-state index contributed by atoms with van der Waals surface area (Å²) in [4.78, 5) is 1.08. The van der Waals surface area contributed by atoms with Gasteiger partial charge >= 0.3 is 0 Å². The number of nitrogens with two attached hydrogens (primary N) is 1. The van der Waals surface area contributed by atoms with Crippen molar-refractivity contribution < 1.29 is 0 Å². The highest BCUT2D eigenvalue weighted by molar-refractivity contribution is 7.99. The lowest BCUT2D eigenvalue weighted by Crippen LogP contribution is -2.05. The molecule has 1 nitrogen and oxygen atoms in total. The normalized spacial score (nSPS) is 11.7. The van der Waals surface area contributed by atoms with Crippen LogP contribution in [0.5, 0.6) is 0 Å². The molecule has 0 heterocycles. The smallest absolute Gasteiger partial charge is 0.0543 e.